The Kier molecular flexibility index (Phi) is 7.47. The molecule has 274 valence electrons. The summed E-state index contributed by atoms with van der Waals surface area (Å²) in [6.07, 6.45) is 0. The second kappa shape index (κ2) is 12.3. The Morgan fingerprint density at radius 3 is 1.55 bits per heavy atom. The van der Waals surface area contributed by atoms with Crippen LogP contribution in [0.3, 0.4) is 0 Å². The number of fused-ring (bicyclic) bond motifs is 7. The van der Waals surface area contributed by atoms with Crippen LogP contribution >= 0.6 is 0 Å². The summed E-state index contributed by atoms with van der Waals surface area (Å²) in [4.78, 5) is 5.73. The molecule has 6 aromatic carbocycles. The number of para-hydroxylation sites is 5. The van der Waals surface area contributed by atoms with E-state index in [0.29, 0.717) is 0 Å². The van der Waals surface area contributed by atoms with Gasteiger partial charge in [0.2, 0.25) is 0 Å². The second-order valence-corrected chi connectivity index (χ2v) is 17.2. The van der Waals surface area contributed by atoms with Gasteiger partial charge in [0.15, 0.2) is 11.0 Å². The Hall–Kier alpha value is -6.46. The predicted molar refractivity (Wildman–Crippen MR) is 233 cm³/mol. The van der Waals surface area contributed by atoms with E-state index in [1.807, 2.05) is 0 Å². The molecule has 5 heteroatoms. The first-order valence-corrected chi connectivity index (χ1v) is 19.7. The third kappa shape index (κ3) is 5.07. The molecule has 10 rings (SSSR count). The fraction of sp³-hybridized carbons (Fsp3) is 0.176. The fourth-order valence-corrected chi connectivity index (χ4v) is 9.06. The van der Waals surface area contributed by atoms with Gasteiger partial charge in [-0.2, -0.15) is 9.13 Å². The minimum absolute atomic E-state index is 0.0892. The molecular formula is C51H46N5+. The third-order valence-corrected chi connectivity index (χ3v) is 11.5. The van der Waals surface area contributed by atoms with Gasteiger partial charge >= 0.3 is 0 Å². The molecule has 0 saturated carbocycles. The lowest BCUT2D eigenvalue weighted by Crippen LogP contribution is -2.33. The molecule has 0 N–H and O–H groups in total. The first-order valence-electron chi connectivity index (χ1n) is 19.7. The molecule has 0 aliphatic heterocycles. The molecule has 0 unspecified atom stereocenters. The zero-order chi connectivity index (χ0) is 38.5. The van der Waals surface area contributed by atoms with Gasteiger partial charge in [-0.1, -0.05) is 126 Å². The molecule has 5 nitrogen and oxygen atoms in total. The highest BCUT2D eigenvalue weighted by molar-refractivity contribution is 6.20. The van der Waals surface area contributed by atoms with E-state index in [1.165, 1.54) is 38.2 Å². The number of pyridine rings is 1. The van der Waals surface area contributed by atoms with Crippen LogP contribution in [0.2, 0.25) is 0 Å². The molecule has 0 aliphatic carbocycles. The van der Waals surface area contributed by atoms with E-state index in [2.05, 4.69) is 218 Å². The zero-order valence-electron chi connectivity index (χ0n) is 33.2. The molecule has 0 atom stereocenters. The largest absolute Gasteiger partial charge is 0.294 e. The van der Waals surface area contributed by atoms with Crippen molar-refractivity contribution in [1.29, 1.82) is 0 Å². The van der Waals surface area contributed by atoms with Crippen molar-refractivity contribution in [1.82, 2.24) is 18.7 Å². The minimum Gasteiger partial charge on any atom is -0.294 e. The van der Waals surface area contributed by atoms with Crippen LogP contribution in [0.15, 0.2) is 152 Å². The number of imidazole rings is 1. The summed E-state index contributed by atoms with van der Waals surface area (Å²) in [5.74, 6) is 1.14. The number of aromatic nitrogens is 5. The lowest BCUT2D eigenvalue weighted by Gasteiger charge is -2.22. The van der Waals surface area contributed by atoms with E-state index in [0.717, 1.165) is 56.4 Å². The summed E-state index contributed by atoms with van der Waals surface area (Å²) < 4.78 is 9.51. The lowest BCUT2D eigenvalue weighted by atomic mass is 9.82. The van der Waals surface area contributed by atoms with Crippen LogP contribution in [0.1, 0.15) is 58.5 Å². The molecule has 0 saturated heterocycles. The van der Waals surface area contributed by atoms with Crippen LogP contribution in [0.5, 0.6) is 0 Å². The van der Waals surface area contributed by atoms with Gasteiger partial charge in [-0.25, -0.2) is 4.98 Å². The van der Waals surface area contributed by atoms with Crippen LogP contribution in [0, 0.1) is 6.92 Å². The Labute approximate surface area is 327 Å². The number of benzene rings is 6. The van der Waals surface area contributed by atoms with Gasteiger partial charge in [-0.3, -0.25) is 9.13 Å². The minimum atomic E-state index is -0.179. The van der Waals surface area contributed by atoms with E-state index in [1.54, 1.807) is 0 Å². The molecular weight excluding hydrogens is 683 g/mol. The lowest BCUT2D eigenvalue weighted by molar-refractivity contribution is -0.575. The van der Waals surface area contributed by atoms with Crippen molar-refractivity contribution in [3.8, 4) is 22.7 Å². The maximum atomic E-state index is 5.73. The number of hydrogen-bond donors (Lipinski definition) is 0. The average molecular weight is 729 g/mol. The van der Waals surface area contributed by atoms with Gasteiger partial charge in [0.05, 0.1) is 16.7 Å². The quantitative estimate of drug-likeness (QED) is 0.166. The number of nitrogens with zero attached hydrogens (tertiary/aromatic N) is 5. The summed E-state index contributed by atoms with van der Waals surface area (Å²) in [6.45, 7) is 16.0. The summed E-state index contributed by atoms with van der Waals surface area (Å²) in [6, 6.07) is 55.0. The van der Waals surface area contributed by atoms with Crippen LogP contribution in [-0.4, -0.2) is 18.7 Å². The second-order valence-electron chi connectivity index (χ2n) is 17.2. The van der Waals surface area contributed by atoms with E-state index in [-0.39, 0.29) is 10.8 Å². The predicted octanol–water partition coefficient (Wildman–Crippen LogP) is 12.4. The number of hydrogen-bond acceptors (Lipinski definition) is 1. The van der Waals surface area contributed by atoms with E-state index < -0.39 is 0 Å². The Balaban J connectivity index is 1.27. The molecule has 0 radical (unpaired) electrons. The van der Waals surface area contributed by atoms with Crippen LogP contribution in [-0.2, 0) is 10.8 Å². The van der Waals surface area contributed by atoms with Crippen molar-refractivity contribution in [3.63, 3.8) is 0 Å². The molecule has 4 aromatic heterocycles. The van der Waals surface area contributed by atoms with Crippen molar-refractivity contribution in [2.24, 2.45) is 0 Å². The molecule has 10 aromatic rings. The van der Waals surface area contributed by atoms with Crippen LogP contribution in [0.25, 0.3) is 77.7 Å². The highest BCUT2D eigenvalue weighted by Crippen LogP contribution is 2.45. The first-order chi connectivity index (χ1) is 27.0. The van der Waals surface area contributed by atoms with Crippen molar-refractivity contribution in [2.75, 3.05) is 0 Å². The highest BCUT2D eigenvalue weighted by Gasteiger charge is 2.31. The summed E-state index contributed by atoms with van der Waals surface area (Å²) in [5.41, 5.74) is 13.5. The molecule has 56 heavy (non-hydrogen) atoms. The molecule has 0 spiro atoms. The normalized spacial score (nSPS) is 12.6. The molecule has 0 fully saturated rings. The van der Waals surface area contributed by atoms with Gasteiger partial charge in [0, 0.05) is 40.2 Å². The summed E-state index contributed by atoms with van der Waals surface area (Å²) in [5, 5.41) is 4.86. The van der Waals surface area contributed by atoms with Gasteiger partial charge in [-0.05, 0) is 82.6 Å². The Bertz CT molecular complexity index is 3140. The van der Waals surface area contributed by atoms with Crippen molar-refractivity contribution in [3.05, 3.63) is 169 Å². The van der Waals surface area contributed by atoms with Crippen molar-refractivity contribution < 1.29 is 4.57 Å². The van der Waals surface area contributed by atoms with Crippen LogP contribution in [0.4, 0.5) is 0 Å². The zero-order valence-corrected chi connectivity index (χ0v) is 33.2. The molecule has 0 bridgehead atoms. The molecule has 0 aliphatic rings. The third-order valence-electron chi connectivity index (χ3n) is 11.5. The van der Waals surface area contributed by atoms with E-state index in [4.69, 9.17) is 4.98 Å². The molecule has 4 heterocycles. The Morgan fingerprint density at radius 1 is 0.464 bits per heavy atom. The first kappa shape index (κ1) is 34.1. The molecule has 0 amide bonds. The standard InChI is InChI=1S/C51H46N5/c1-33-53(36-30-28-34(29-31-36)50(2,3)4)43-26-15-16-27-44(43)54(33)37-20-17-21-38(32-37)56-42-25-14-12-23-40(42)46-47(51(5,6)7)45-39-22-11-13-24-41(39)55(48(45)52-49(46)56)35-18-9-8-10-19-35/h8-32H,1-7H3/q+1. The van der Waals surface area contributed by atoms with Gasteiger partial charge in [-0.15, -0.1) is 0 Å². The maximum Gasteiger partial charge on any atom is 0.264 e. The smallest absolute Gasteiger partial charge is 0.264 e. The summed E-state index contributed by atoms with van der Waals surface area (Å²) >= 11 is 0. The van der Waals surface area contributed by atoms with Crippen LogP contribution < -0.4 is 4.57 Å². The van der Waals surface area contributed by atoms with Gasteiger partial charge < -0.3 is 0 Å². The van der Waals surface area contributed by atoms with Crippen molar-refractivity contribution in [2.45, 2.75) is 59.3 Å². The average Bonchev–Trinajstić information content (AvgIpc) is 3.81. The van der Waals surface area contributed by atoms with E-state index >= 15 is 0 Å². The topological polar surface area (TPSA) is 31.6 Å². The SMILES string of the molecule is Cc1n(-c2cccc(-n3c4ccccc4c4c(C(C)(C)C)c5c6ccccc6n(-c6ccccc6)c5nc43)c2)c2ccccc2[n+]1-c1ccc(C(C)(C)C)cc1. The highest BCUT2D eigenvalue weighted by atomic mass is 15.2. The van der Waals surface area contributed by atoms with E-state index in [9.17, 15) is 0 Å². The maximum absolute atomic E-state index is 5.73. The Morgan fingerprint density at radius 2 is 0.964 bits per heavy atom. The fourth-order valence-electron chi connectivity index (χ4n) is 9.06. The van der Waals surface area contributed by atoms with Crippen molar-refractivity contribution >= 4 is 54.9 Å². The van der Waals surface area contributed by atoms with Gasteiger partial charge in [0.1, 0.15) is 22.7 Å². The van der Waals surface area contributed by atoms with Gasteiger partial charge in [0.25, 0.3) is 5.82 Å². The monoisotopic (exact) mass is 728 g/mol. The number of rotatable bonds is 4. The summed E-state index contributed by atoms with van der Waals surface area (Å²) in [7, 11) is 0.